The molecule has 1 amide bonds. The molecule has 1 aliphatic heterocycles. The van der Waals surface area contributed by atoms with Crippen LogP contribution in [0.25, 0.3) is 10.8 Å². The van der Waals surface area contributed by atoms with Gasteiger partial charge in [-0.1, -0.05) is 49.2 Å². The minimum Gasteiger partial charge on any atom is -0.450 e. The first-order valence-electron chi connectivity index (χ1n) is 9.25. The minimum absolute atomic E-state index is 0.310. The van der Waals surface area contributed by atoms with E-state index in [0.29, 0.717) is 24.2 Å². The van der Waals surface area contributed by atoms with Crippen molar-refractivity contribution in [2.75, 3.05) is 31.1 Å². The van der Waals surface area contributed by atoms with Crippen LogP contribution in [0.3, 0.4) is 0 Å². The molecular weight excluding hydrogens is 352 g/mol. The van der Waals surface area contributed by atoms with Crippen LogP contribution >= 0.6 is 11.6 Å². The van der Waals surface area contributed by atoms with Crippen molar-refractivity contribution in [1.29, 1.82) is 0 Å². The highest BCUT2D eigenvalue weighted by atomic mass is 35.5. The van der Waals surface area contributed by atoms with Crippen molar-refractivity contribution in [2.24, 2.45) is 5.92 Å². The second-order valence-electron chi connectivity index (χ2n) is 6.66. The first-order chi connectivity index (χ1) is 12.7. The highest BCUT2D eigenvalue weighted by Crippen LogP contribution is 2.30. The fraction of sp³-hybridized carbons (Fsp3) is 0.526. The van der Waals surface area contributed by atoms with Gasteiger partial charge in [-0.25, -0.2) is 4.79 Å². The van der Waals surface area contributed by atoms with Crippen LogP contribution in [0.2, 0.25) is 5.15 Å². The Labute approximate surface area is 158 Å². The molecule has 7 heteroatoms. The van der Waals surface area contributed by atoms with Crippen molar-refractivity contribution in [2.45, 2.75) is 32.6 Å². The van der Waals surface area contributed by atoms with Crippen molar-refractivity contribution >= 4 is 34.3 Å². The highest BCUT2D eigenvalue weighted by molar-refractivity contribution is 6.34. The molecule has 2 aromatic rings. The van der Waals surface area contributed by atoms with Crippen molar-refractivity contribution in [3.8, 4) is 0 Å². The molecule has 0 radical (unpaired) electrons. The van der Waals surface area contributed by atoms with Crippen LogP contribution in [-0.2, 0) is 4.74 Å². The zero-order chi connectivity index (χ0) is 18.4. The highest BCUT2D eigenvalue weighted by Gasteiger charge is 2.23. The number of nitrogens with one attached hydrogen (secondary N) is 1. The van der Waals surface area contributed by atoms with Crippen LogP contribution in [0.4, 0.5) is 10.6 Å². The van der Waals surface area contributed by atoms with E-state index in [-0.39, 0.29) is 6.09 Å². The van der Waals surface area contributed by atoms with Gasteiger partial charge < -0.3 is 15.0 Å². The first kappa shape index (κ1) is 18.7. The van der Waals surface area contributed by atoms with E-state index >= 15 is 0 Å². The Kier molecular flexibility index (Phi) is 6.50. The fourth-order valence-electron chi connectivity index (χ4n) is 3.23. The van der Waals surface area contributed by atoms with E-state index in [2.05, 4.69) is 27.3 Å². The third kappa shape index (κ3) is 4.55. The van der Waals surface area contributed by atoms with Crippen LogP contribution in [-0.4, -0.2) is 42.5 Å². The van der Waals surface area contributed by atoms with Gasteiger partial charge in [-0.05, 0) is 25.2 Å². The van der Waals surface area contributed by atoms with E-state index < -0.39 is 0 Å². The molecule has 0 atom stereocenters. The molecule has 0 spiro atoms. The minimum atomic E-state index is -0.310. The number of ether oxygens (including phenoxy) is 1. The van der Waals surface area contributed by atoms with Gasteiger partial charge in [0.25, 0.3) is 0 Å². The second kappa shape index (κ2) is 9.03. The zero-order valence-electron chi connectivity index (χ0n) is 15.1. The summed E-state index contributed by atoms with van der Waals surface area (Å²) in [4.78, 5) is 13.9. The molecule has 1 aromatic carbocycles. The van der Waals surface area contributed by atoms with Crippen LogP contribution in [0.15, 0.2) is 24.3 Å². The summed E-state index contributed by atoms with van der Waals surface area (Å²) in [5, 5.41) is 13.7. The number of rotatable bonds is 6. The molecule has 1 N–H and O–H groups in total. The summed E-state index contributed by atoms with van der Waals surface area (Å²) in [5.74, 6) is 1.34. The Morgan fingerprint density at radius 1 is 1.27 bits per heavy atom. The monoisotopic (exact) mass is 376 g/mol. The number of piperidine rings is 1. The maximum absolute atomic E-state index is 11.7. The van der Waals surface area contributed by atoms with E-state index in [1.165, 1.54) is 0 Å². The van der Waals surface area contributed by atoms with Gasteiger partial charge in [0.2, 0.25) is 0 Å². The molecular formula is C19H25ClN4O2. The molecule has 1 saturated heterocycles. The standard InChI is InChI=1S/C19H25ClN4O2/c1-2-3-12-26-19(25)21-13-14-8-10-24(11-9-14)18-16-7-5-4-6-15(16)17(20)22-23-18/h4-7,14H,2-3,8-13H2,1H3,(H,21,25). The predicted octanol–water partition coefficient (Wildman–Crippen LogP) is 4.03. The number of fused-ring (bicyclic) bond motifs is 1. The number of carbonyl (C=O) groups excluding carboxylic acids is 1. The molecule has 0 saturated carbocycles. The smallest absolute Gasteiger partial charge is 0.407 e. The molecule has 3 rings (SSSR count). The van der Waals surface area contributed by atoms with Gasteiger partial charge in [0.05, 0.1) is 6.61 Å². The van der Waals surface area contributed by atoms with E-state index in [0.717, 1.165) is 55.4 Å². The van der Waals surface area contributed by atoms with Gasteiger partial charge in [-0.2, -0.15) is 0 Å². The summed E-state index contributed by atoms with van der Waals surface area (Å²) >= 11 is 6.16. The van der Waals surface area contributed by atoms with Gasteiger partial charge in [0.15, 0.2) is 11.0 Å². The largest absolute Gasteiger partial charge is 0.450 e. The Hall–Kier alpha value is -2.08. The summed E-state index contributed by atoms with van der Waals surface area (Å²) in [7, 11) is 0. The molecule has 0 unspecified atom stereocenters. The maximum Gasteiger partial charge on any atom is 0.407 e. The fourth-order valence-corrected chi connectivity index (χ4v) is 3.43. The number of anilines is 1. The summed E-state index contributed by atoms with van der Waals surface area (Å²) in [6.07, 6.45) is 3.60. The number of hydrogen-bond acceptors (Lipinski definition) is 5. The molecule has 6 nitrogen and oxygen atoms in total. The third-order valence-corrected chi connectivity index (χ3v) is 5.08. The van der Waals surface area contributed by atoms with Crippen LogP contribution in [0.1, 0.15) is 32.6 Å². The predicted molar refractivity (Wildman–Crippen MR) is 104 cm³/mol. The number of halogens is 1. The van der Waals surface area contributed by atoms with Crippen molar-refractivity contribution in [1.82, 2.24) is 15.5 Å². The van der Waals surface area contributed by atoms with Crippen LogP contribution < -0.4 is 10.2 Å². The number of unbranched alkanes of at least 4 members (excludes halogenated alkanes) is 1. The SMILES string of the molecule is CCCCOC(=O)NCC1CCN(c2nnc(Cl)c3ccccc23)CC1. The van der Waals surface area contributed by atoms with Crippen molar-refractivity contribution < 1.29 is 9.53 Å². The molecule has 1 fully saturated rings. The molecule has 0 bridgehead atoms. The van der Waals surface area contributed by atoms with E-state index in [1.54, 1.807) is 0 Å². The van der Waals surface area contributed by atoms with Gasteiger partial charge >= 0.3 is 6.09 Å². The van der Waals surface area contributed by atoms with Gasteiger partial charge in [0, 0.05) is 30.4 Å². The molecule has 1 aromatic heterocycles. The van der Waals surface area contributed by atoms with Crippen LogP contribution in [0.5, 0.6) is 0 Å². The third-order valence-electron chi connectivity index (χ3n) is 4.80. The normalized spacial score (nSPS) is 15.2. The molecule has 26 heavy (non-hydrogen) atoms. The number of benzene rings is 1. The Balaban J connectivity index is 1.53. The lowest BCUT2D eigenvalue weighted by atomic mass is 9.96. The quantitative estimate of drug-likeness (QED) is 0.771. The number of hydrogen-bond donors (Lipinski definition) is 1. The summed E-state index contributed by atoms with van der Waals surface area (Å²) in [5.41, 5.74) is 0. The van der Waals surface area contributed by atoms with Crippen molar-refractivity contribution in [3.63, 3.8) is 0 Å². The Bertz CT molecular complexity index is 747. The van der Waals surface area contributed by atoms with E-state index in [9.17, 15) is 4.79 Å². The topological polar surface area (TPSA) is 67.3 Å². The molecule has 1 aliphatic rings. The number of amides is 1. The average Bonchev–Trinajstić information content (AvgIpc) is 2.68. The van der Waals surface area contributed by atoms with Gasteiger partial charge in [-0.15, -0.1) is 10.2 Å². The Morgan fingerprint density at radius 2 is 2.00 bits per heavy atom. The Morgan fingerprint density at radius 3 is 2.73 bits per heavy atom. The summed E-state index contributed by atoms with van der Waals surface area (Å²) in [6.45, 7) is 4.99. The van der Waals surface area contributed by atoms with E-state index in [4.69, 9.17) is 16.3 Å². The van der Waals surface area contributed by atoms with Gasteiger partial charge in [-0.3, -0.25) is 0 Å². The second-order valence-corrected chi connectivity index (χ2v) is 7.02. The number of nitrogens with zero attached hydrogens (tertiary/aromatic N) is 3. The van der Waals surface area contributed by atoms with Crippen molar-refractivity contribution in [3.05, 3.63) is 29.4 Å². The lowest BCUT2D eigenvalue weighted by Crippen LogP contribution is -2.39. The summed E-state index contributed by atoms with van der Waals surface area (Å²) < 4.78 is 5.13. The lowest BCUT2D eigenvalue weighted by Gasteiger charge is -2.33. The number of alkyl carbamates (subject to hydrolysis) is 1. The lowest BCUT2D eigenvalue weighted by molar-refractivity contribution is 0.142. The number of carbonyl (C=O) groups is 1. The summed E-state index contributed by atoms with van der Waals surface area (Å²) in [6, 6.07) is 7.95. The maximum atomic E-state index is 11.7. The average molecular weight is 377 g/mol. The molecule has 0 aliphatic carbocycles. The van der Waals surface area contributed by atoms with Gasteiger partial charge in [0.1, 0.15) is 0 Å². The first-order valence-corrected chi connectivity index (χ1v) is 9.63. The zero-order valence-corrected chi connectivity index (χ0v) is 15.8. The number of aromatic nitrogens is 2. The molecule has 2 heterocycles. The molecule has 140 valence electrons. The van der Waals surface area contributed by atoms with E-state index in [1.807, 2.05) is 24.3 Å². The van der Waals surface area contributed by atoms with Crippen LogP contribution in [0, 0.1) is 5.92 Å².